The van der Waals surface area contributed by atoms with Gasteiger partial charge in [-0.15, -0.1) is 0 Å². The SMILES string of the molecule is Cc1cc(O[C@H]2CCOC2)ccc1C(C)(C)C. The van der Waals surface area contributed by atoms with Gasteiger partial charge in [-0.1, -0.05) is 26.8 Å². The highest BCUT2D eigenvalue weighted by Gasteiger charge is 2.19. The molecular formula is C15H22O2. The van der Waals surface area contributed by atoms with Gasteiger partial charge in [-0.2, -0.15) is 0 Å². The summed E-state index contributed by atoms with van der Waals surface area (Å²) in [5.41, 5.74) is 2.88. The molecule has 1 aromatic carbocycles. The number of benzene rings is 1. The lowest BCUT2D eigenvalue weighted by molar-refractivity contribution is 0.141. The van der Waals surface area contributed by atoms with Crippen LogP contribution in [0.3, 0.4) is 0 Å². The molecule has 0 saturated carbocycles. The first-order chi connectivity index (χ1) is 7.97. The lowest BCUT2D eigenvalue weighted by Crippen LogP contribution is -2.17. The van der Waals surface area contributed by atoms with E-state index in [0.29, 0.717) is 0 Å². The molecule has 0 bridgehead atoms. The topological polar surface area (TPSA) is 18.5 Å². The van der Waals surface area contributed by atoms with E-state index in [1.807, 2.05) is 0 Å². The molecule has 0 unspecified atom stereocenters. The maximum atomic E-state index is 5.90. The molecule has 0 amide bonds. The zero-order valence-electron chi connectivity index (χ0n) is 11.2. The van der Waals surface area contributed by atoms with E-state index in [1.165, 1.54) is 11.1 Å². The van der Waals surface area contributed by atoms with Crippen LogP contribution in [0.2, 0.25) is 0 Å². The third kappa shape index (κ3) is 3.01. The van der Waals surface area contributed by atoms with Crippen molar-refractivity contribution in [3.8, 4) is 5.75 Å². The van der Waals surface area contributed by atoms with Crippen molar-refractivity contribution in [3.63, 3.8) is 0 Å². The van der Waals surface area contributed by atoms with Crippen LogP contribution in [0.25, 0.3) is 0 Å². The summed E-state index contributed by atoms with van der Waals surface area (Å²) >= 11 is 0. The molecule has 1 aromatic rings. The van der Waals surface area contributed by atoms with Crippen LogP contribution in [-0.2, 0) is 10.2 Å². The van der Waals surface area contributed by atoms with Gasteiger partial charge in [0, 0.05) is 6.42 Å². The van der Waals surface area contributed by atoms with E-state index in [1.54, 1.807) is 0 Å². The van der Waals surface area contributed by atoms with Gasteiger partial charge in [-0.05, 0) is 35.6 Å². The van der Waals surface area contributed by atoms with Gasteiger partial charge in [0.2, 0.25) is 0 Å². The molecule has 2 heteroatoms. The number of ether oxygens (including phenoxy) is 2. The van der Waals surface area contributed by atoms with E-state index in [-0.39, 0.29) is 11.5 Å². The van der Waals surface area contributed by atoms with Crippen molar-refractivity contribution in [2.75, 3.05) is 13.2 Å². The molecule has 2 rings (SSSR count). The van der Waals surface area contributed by atoms with Crippen molar-refractivity contribution in [1.29, 1.82) is 0 Å². The third-order valence-electron chi connectivity index (χ3n) is 3.20. The molecule has 94 valence electrons. The third-order valence-corrected chi connectivity index (χ3v) is 3.20. The quantitative estimate of drug-likeness (QED) is 0.780. The summed E-state index contributed by atoms with van der Waals surface area (Å²) < 4.78 is 11.2. The van der Waals surface area contributed by atoms with Gasteiger partial charge in [-0.3, -0.25) is 0 Å². The molecular weight excluding hydrogens is 212 g/mol. The molecule has 1 aliphatic heterocycles. The number of aryl methyl sites for hydroxylation is 1. The van der Waals surface area contributed by atoms with Gasteiger partial charge < -0.3 is 9.47 Å². The summed E-state index contributed by atoms with van der Waals surface area (Å²) in [5, 5.41) is 0. The summed E-state index contributed by atoms with van der Waals surface area (Å²) in [6, 6.07) is 6.39. The highest BCUT2D eigenvalue weighted by atomic mass is 16.5. The maximum Gasteiger partial charge on any atom is 0.124 e. The van der Waals surface area contributed by atoms with Gasteiger partial charge in [-0.25, -0.2) is 0 Å². The van der Waals surface area contributed by atoms with Crippen LogP contribution in [-0.4, -0.2) is 19.3 Å². The zero-order chi connectivity index (χ0) is 12.5. The van der Waals surface area contributed by atoms with Crippen LogP contribution in [0.5, 0.6) is 5.75 Å². The van der Waals surface area contributed by atoms with Crippen LogP contribution in [0.15, 0.2) is 18.2 Å². The van der Waals surface area contributed by atoms with Gasteiger partial charge in [0.1, 0.15) is 11.9 Å². The van der Waals surface area contributed by atoms with Crippen LogP contribution in [0.1, 0.15) is 38.3 Å². The van der Waals surface area contributed by atoms with Crippen molar-refractivity contribution in [3.05, 3.63) is 29.3 Å². The standard InChI is InChI=1S/C15H22O2/c1-11-9-12(17-13-7-8-16-10-13)5-6-14(11)15(2,3)4/h5-6,9,13H,7-8,10H2,1-4H3/t13-/m0/s1. The number of rotatable bonds is 2. The second-order valence-electron chi connectivity index (χ2n) is 5.83. The monoisotopic (exact) mass is 234 g/mol. The summed E-state index contributed by atoms with van der Waals surface area (Å²) in [6.07, 6.45) is 1.23. The molecule has 1 saturated heterocycles. The minimum Gasteiger partial charge on any atom is -0.488 e. The van der Waals surface area contributed by atoms with Crippen LogP contribution < -0.4 is 4.74 Å². The van der Waals surface area contributed by atoms with Gasteiger partial charge in [0.05, 0.1) is 13.2 Å². The molecule has 2 nitrogen and oxygen atoms in total. The Morgan fingerprint density at radius 1 is 1.29 bits per heavy atom. The predicted molar refractivity (Wildman–Crippen MR) is 69.7 cm³/mol. The summed E-state index contributed by atoms with van der Waals surface area (Å²) in [6.45, 7) is 10.4. The van der Waals surface area contributed by atoms with E-state index < -0.39 is 0 Å². The van der Waals surface area contributed by atoms with Crippen molar-refractivity contribution in [2.45, 2.75) is 45.6 Å². The van der Waals surface area contributed by atoms with E-state index in [2.05, 4.69) is 45.9 Å². The Morgan fingerprint density at radius 3 is 2.59 bits per heavy atom. The summed E-state index contributed by atoms with van der Waals surface area (Å²) in [4.78, 5) is 0. The molecule has 1 atom stereocenters. The minimum absolute atomic E-state index is 0.194. The molecule has 17 heavy (non-hydrogen) atoms. The Labute approximate surface area is 104 Å². The largest absolute Gasteiger partial charge is 0.488 e. The maximum absolute atomic E-state index is 5.90. The molecule has 0 aliphatic carbocycles. The summed E-state index contributed by atoms with van der Waals surface area (Å²) in [5.74, 6) is 0.964. The average molecular weight is 234 g/mol. The van der Waals surface area contributed by atoms with E-state index in [4.69, 9.17) is 9.47 Å². The van der Waals surface area contributed by atoms with E-state index in [9.17, 15) is 0 Å². The molecule has 1 heterocycles. The lowest BCUT2D eigenvalue weighted by Gasteiger charge is -2.22. The fourth-order valence-electron chi connectivity index (χ4n) is 2.35. The van der Waals surface area contributed by atoms with Crippen molar-refractivity contribution in [1.82, 2.24) is 0 Å². The van der Waals surface area contributed by atoms with Crippen LogP contribution in [0, 0.1) is 6.92 Å². The highest BCUT2D eigenvalue weighted by molar-refractivity contribution is 5.38. The zero-order valence-corrected chi connectivity index (χ0v) is 11.2. The molecule has 1 fully saturated rings. The Bertz CT molecular complexity index is 384. The highest BCUT2D eigenvalue weighted by Crippen LogP contribution is 2.29. The van der Waals surface area contributed by atoms with Gasteiger partial charge >= 0.3 is 0 Å². The molecule has 1 aliphatic rings. The number of hydrogen-bond acceptors (Lipinski definition) is 2. The first-order valence-corrected chi connectivity index (χ1v) is 6.32. The first-order valence-electron chi connectivity index (χ1n) is 6.32. The van der Waals surface area contributed by atoms with Crippen LogP contribution >= 0.6 is 0 Å². The number of hydrogen-bond donors (Lipinski definition) is 0. The Balaban J connectivity index is 2.13. The molecule has 0 N–H and O–H groups in total. The second-order valence-corrected chi connectivity index (χ2v) is 5.83. The molecule has 0 radical (unpaired) electrons. The van der Waals surface area contributed by atoms with Crippen molar-refractivity contribution in [2.24, 2.45) is 0 Å². The lowest BCUT2D eigenvalue weighted by atomic mass is 9.84. The van der Waals surface area contributed by atoms with Crippen molar-refractivity contribution >= 4 is 0 Å². The van der Waals surface area contributed by atoms with Crippen LogP contribution in [0.4, 0.5) is 0 Å². The van der Waals surface area contributed by atoms with Crippen molar-refractivity contribution < 1.29 is 9.47 Å². The van der Waals surface area contributed by atoms with E-state index in [0.717, 1.165) is 25.4 Å². The minimum atomic E-state index is 0.194. The summed E-state index contributed by atoms with van der Waals surface area (Å²) in [7, 11) is 0. The Hall–Kier alpha value is -1.02. The smallest absolute Gasteiger partial charge is 0.124 e. The Kier molecular flexibility index (Phi) is 3.43. The normalized spacial score (nSPS) is 20.6. The van der Waals surface area contributed by atoms with Gasteiger partial charge in [0.25, 0.3) is 0 Å². The van der Waals surface area contributed by atoms with Gasteiger partial charge in [0.15, 0.2) is 0 Å². The predicted octanol–water partition coefficient (Wildman–Crippen LogP) is 3.46. The van der Waals surface area contributed by atoms with E-state index >= 15 is 0 Å². The molecule has 0 spiro atoms. The second kappa shape index (κ2) is 4.69. The fraction of sp³-hybridized carbons (Fsp3) is 0.600. The first kappa shape index (κ1) is 12.4. The molecule has 0 aromatic heterocycles. The fourth-order valence-corrected chi connectivity index (χ4v) is 2.35. The average Bonchev–Trinajstić information content (AvgIpc) is 2.68. The Morgan fingerprint density at radius 2 is 2.06 bits per heavy atom.